The number of nitrogens with zero attached hydrogens (tertiary/aromatic N) is 2. The Kier molecular flexibility index (Phi) is 6.04. The van der Waals surface area contributed by atoms with E-state index in [-0.39, 0.29) is 46.4 Å². The van der Waals surface area contributed by atoms with Crippen molar-refractivity contribution in [3.8, 4) is 39.8 Å². The zero-order valence-corrected chi connectivity index (χ0v) is 19.1. The fraction of sp³-hybridized carbons (Fsp3) is 0.115. The van der Waals surface area contributed by atoms with Gasteiger partial charge in [0.2, 0.25) is 5.82 Å². The molecule has 188 valence electrons. The Morgan fingerprint density at radius 3 is 2.49 bits per heavy atom. The van der Waals surface area contributed by atoms with E-state index in [1.807, 2.05) is 0 Å². The molecule has 0 aliphatic rings. The van der Waals surface area contributed by atoms with Crippen LogP contribution in [-0.4, -0.2) is 22.4 Å². The molecule has 5 rings (SSSR count). The van der Waals surface area contributed by atoms with Crippen LogP contribution in [0.25, 0.3) is 33.6 Å². The van der Waals surface area contributed by atoms with Gasteiger partial charge in [-0.25, -0.2) is 0 Å². The smallest absolute Gasteiger partial charge is 0.419 e. The number of hydrogen-bond acceptors (Lipinski definition) is 8. The molecule has 1 N–H and O–H groups in total. The first-order valence-electron chi connectivity index (χ1n) is 10.8. The summed E-state index contributed by atoms with van der Waals surface area (Å²) in [6.07, 6.45) is -3.29. The molecule has 0 fully saturated rings. The number of methoxy groups -OCH3 is 1. The molecule has 37 heavy (non-hydrogen) atoms. The van der Waals surface area contributed by atoms with Crippen LogP contribution < -0.4 is 14.9 Å². The molecular formula is C26H17F3N2O6. The van der Waals surface area contributed by atoms with Crippen molar-refractivity contribution in [3.05, 3.63) is 88.5 Å². The van der Waals surface area contributed by atoms with Crippen LogP contribution in [0.5, 0.6) is 17.2 Å². The summed E-state index contributed by atoms with van der Waals surface area (Å²) >= 11 is 0. The van der Waals surface area contributed by atoms with Crippen molar-refractivity contribution in [2.24, 2.45) is 0 Å². The lowest BCUT2D eigenvalue weighted by Gasteiger charge is -2.12. The number of benzene rings is 3. The van der Waals surface area contributed by atoms with E-state index in [0.717, 1.165) is 13.2 Å². The lowest BCUT2D eigenvalue weighted by Crippen LogP contribution is -2.07. The summed E-state index contributed by atoms with van der Waals surface area (Å²) in [5, 5.41) is 13.5. The first kappa shape index (κ1) is 23.9. The number of ether oxygens (including phenoxy) is 2. The molecule has 2 heterocycles. The number of hydrogen-bond donors (Lipinski definition) is 1. The van der Waals surface area contributed by atoms with Crippen molar-refractivity contribution >= 4 is 11.0 Å². The number of aromatic nitrogens is 2. The second-order valence-corrected chi connectivity index (χ2v) is 7.90. The summed E-state index contributed by atoms with van der Waals surface area (Å²) in [5.41, 5.74) is 0.0860. The van der Waals surface area contributed by atoms with Gasteiger partial charge in [-0.1, -0.05) is 17.3 Å². The van der Waals surface area contributed by atoms with Crippen LogP contribution in [0.3, 0.4) is 0 Å². The number of rotatable bonds is 6. The summed E-state index contributed by atoms with van der Waals surface area (Å²) in [6.45, 7) is -0.146. The van der Waals surface area contributed by atoms with E-state index < -0.39 is 11.7 Å². The fourth-order valence-electron chi connectivity index (χ4n) is 3.68. The maximum atomic E-state index is 13.3. The molecule has 0 aliphatic heterocycles. The predicted octanol–water partition coefficient (Wildman–Crippen LogP) is 5.82. The molecule has 0 bridgehead atoms. The number of halogens is 3. The molecule has 2 aromatic heterocycles. The van der Waals surface area contributed by atoms with E-state index in [0.29, 0.717) is 22.3 Å². The van der Waals surface area contributed by atoms with Crippen molar-refractivity contribution in [1.29, 1.82) is 0 Å². The minimum atomic E-state index is -4.62. The van der Waals surface area contributed by atoms with E-state index in [9.17, 15) is 23.1 Å². The molecule has 8 nitrogen and oxygen atoms in total. The number of fused-ring (bicyclic) bond motifs is 1. The van der Waals surface area contributed by atoms with Crippen molar-refractivity contribution < 1.29 is 36.7 Å². The van der Waals surface area contributed by atoms with Gasteiger partial charge in [-0.3, -0.25) is 4.79 Å². The second kappa shape index (κ2) is 9.34. The third-order valence-electron chi connectivity index (χ3n) is 5.51. The van der Waals surface area contributed by atoms with Crippen LogP contribution >= 0.6 is 0 Å². The molecule has 0 amide bonds. The van der Waals surface area contributed by atoms with Crippen LogP contribution in [0.2, 0.25) is 0 Å². The summed E-state index contributed by atoms with van der Waals surface area (Å²) in [6, 6.07) is 14.2. The maximum absolute atomic E-state index is 13.3. The Bertz CT molecular complexity index is 1640. The summed E-state index contributed by atoms with van der Waals surface area (Å²) in [4.78, 5) is 17.0. The second-order valence-electron chi connectivity index (χ2n) is 7.90. The van der Waals surface area contributed by atoms with Crippen molar-refractivity contribution in [3.63, 3.8) is 0 Å². The van der Waals surface area contributed by atoms with Crippen molar-refractivity contribution in [2.75, 3.05) is 7.11 Å². The molecule has 0 atom stereocenters. The van der Waals surface area contributed by atoms with E-state index in [4.69, 9.17) is 18.4 Å². The van der Waals surface area contributed by atoms with Gasteiger partial charge in [0, 0.05) is 11.6 Å². The quantitative estimate of drug-likeness (QED) is 0.304. The van der Waals surface area contributed by atoms with Crippen LogP contribution in [-0.2, 0) is 12.8 Å². The maximum Gasteiger partial charge on any atom is 0.419 e. The van der Waals surface area contributed by atoms with Gasteiger partial charge in [-0.15, -0.1) is 0 Å². The van der Waals surface area contributed by atoms with E-state index in [2.05, 4.69) is 10.1 Å². The topological polar surface area (TPSA) is 108 Å². The van der Waals surface area contributed by atoms with Crippen molar-refractivity contribution in [1.82, 2.24) is 10.1 Å². The van der Waals surface area contributed by atoms with Gasteiger partial charge < -0.3 is 23.5 Å². The first-order valence-corrected chi connectivity index (χ1v) is 10.8. The lowest BCUT2D eigenvalue weighted by molar-refractivity contribution is -0.138. The predicted molar refractivity (Wildman–Crippen MR) is 125 cm³/mol. The third kappa shape index (κ3) is 4.83. The molecule has 0 unspecified atom stereocenters. The van der Waals surface area contributed by atoms with Crippen LogP contribution in [0.4, 0.5) is 13.2 Å². The molecule has 11 heteroatoms. The minimum Gasteiger partial charge on any atom is -0.508 e. The molecule has 0 saturated heterocycles. The molecule has 5 aromatic rings. The SMILES string of the molecule is COc1ccc(-c2nc(COc3ccc4c(=O)c(-c5ccc(O)cc5)coc4c3)no2)cc1C(F)(F)F. The van der Waals surface area contributed by atoms with Crippen LogP contribution in [0, 0.1) is 0 Å². The van der Waals surface area contributed by atoms with Gasteiger partial charge in [0.1, 0.15) is 29.1 Å². The monoisotopic (exact) mass is 510 g/mol. The summed E-state index contributed by atoms with van der Waals surface area (Å²) in [7, 11) is 1.15. The van der Waals surface area contributed by atoms with E-state index in [1.54, 1.807) is 24.3 Å². The van der Waals surface area contributed by atoms with Gasteiger partial charge in [0.25, 0.3) is 5.89 Å². The Morgan fingerprint density at radius 2 is 1.76 bits per heavy atom. The molecule has 0 spiro atoms. The van der Waals surface area contributed by atoms with E-state index >= 15 is 0 Å². The number of phenolic OH excluding ortho intramolecular Hbond substituents is 1. The molecule has 3 aromatic carbocycles. The molecular weight excluding hydrogens is 493 g/mol. The van der Waals surface area contributed by atoms with Crippen LogP contribution in [0.15, 0.2) is 80.7 Å². The number of alkyl halides is 3. The van der Waals surface area contributed by atoms with Gasteiger partial charge in [-0.2, -0.15) is 18.2 Å². The normalized spacial score (nSPS) is 11.6. The average Bonchev–Trinajstić information content (AvgIpc) is 3.36. The Labute approximate surface area is 206 Å². The first-order chi connectivity index (χ1) is 17.7. The Morgan fingerprint density at radius 1 is 1.00 bits per heavy atom. The summed E-state index contributed by atoms with van der Waals surface area (Å²) in [5.74, 6) is 0.0989. The Balaban J connectivity index is 1.33. The zero-order valence-electron chi connectivity index (χ0n) is 19.1. The largest absolute Gasteiger partial charge is 0.508 e. The van der Waals surface area contributed by atoms with Gasteiger partial charge in [0.15, 0.2) is 12.0 Å². The summed E-state index contributed by atoms with van der Waals surface area (Å²) < 4.78 is 61.1. The molecule has 0 saturated carbocycles. The minimum absolute atomic E-state index is 0.0730. The van der Waals surface area contributed by atoms with Crippen molar-refractivity contribution in [2.45, 2.75) is 12.8 Å². The van der Waals surface area contributed by atoms with E-state index in [1.165, 1.54) is 36.6 Å². The zero-order chi connectivity index (χ0) is 26.2. The van der Waals surface area contributed by atoms with Crippen LogP contribution in [0.1, 0.15) is 11.4 Å². The molecule has 0 radical (unpaired) electrons. The standard InChI is InChI=1S/C26H17F3N2O6/c1-34-21-9-4-15(10-20(21)26(27,28)29)25-30-23(31-37-25)13-35-17-7-8-18-22(11-17)36-12-19(24(18)33)14-2-5-16(32)6-3-14/h2-12,32H,13H2,1H3. The Hall–Kier alpha value is -4.80. The fourth-order valence-corrected chi connectivity index (χ4v) is 3.68. The molecule has 0 aliphatic carbocycles. The van der Waals surface area contributed by atoms with Gasteiger partial charge >= 0.3 is 6.18 Å². The highest BCUT2D eigenvalue weighted by atomic mass is 19.4. The lowest BCUT2D eigenvalue weighted by atomic mass is 10.1. The highest BCUT2D eigenvalue weighted by molar-refractivity contribution is 5.82. The average molecular weight is 510 g/mol. The van der Waals surface area contributed by atoms with Gasteiger partial charge in [0.05, 0.1) is 23.6 Å². The third-order valence-corrected chi connectivity index (χ3v) is 5.51. The number of phenols is 1. The highest BCUT2D eigenvalue weighted by Gasteiger charge is 2.35. The highest BCUT2D eigenvalue weighted by Crippen LogP contribution is 2.38. The van der Waals surface area contributed by atoms with Gasteiger partial charge in [-0.05, 0) is 48.0 Å². The number of aromatic hydroxyl groups is 1.